The van der Waals surface area contributed by atoms with Crippen molar-refractivity contribution in [1.82, 2.24) is 5.32 Å². The van der Waals surface area contributed by atoms with Crippen molar-refractivity contribution in [1.29, 1.82) is 0 Å². The van der Waals surface area contributed by atoms with E-state index in [0.29, 0.717) is 30.3 Å². The van der Waals surface area contributed by atoms with Gasteiger partial charge in [-0.3, -0.25) is 0 Å². The molecule has 0 saturated heterocycles. The van der Waals surface area contributed by atoms with E-state index in [-0.39, 0.29) is 0 Å². The molecule has 0 aliphatic carbocycles. The van der Waals surface area contributed by atoms with Crippen LogP contribution < -0.4 is 14.8 Å². The van der Waals surface area contributed by atoms with Gasteiger partial charge in [-0.15, -0.1) is 0 Å². The molecular formula is C15H19NO6. The van der Waals surface area contributed by atoms with E-state index in [0.717, 1.165) is 0 Å². The quantitative estimate of drug-likeness (QED) is 0.888. The second kappa shape index (κ2) is 6.13. The first-order valence-corrected chi connectivity index (χ1v) is 6.88. The van der Waals surface area contributed by atoms with E-state index in [1.807, 2.05) is 0 Å². The number of benzene rings is 1. The van der Waals surface area contributed by atoms with Crippen LogP contribution in [-0.4, -0.2) is 36.0 Å². The topological polar surface area (TPSA) is 94.1 Å². The predicted molar refractivity (Wildman–Crippen MR) is 77.2 cm³/mol. The number of carboxylic acids is 1. The summed E-state index contributed by atoms with van der Waals surface area (Å²) in [6, 6.07) is 3.51. The first-order chi connectivity index (χ1) is 10.3. The van der Waals surface area contributed by atoms with Crippen molar-refractivity contribution in [3.8, 4) is 11.5 Å². The van der Waals surface area contributed by atoms with Crippen LogP contribution in [0, 0.1) is 0 Å². The summed E-state index contributed by atoms with van der Waals surface area (Å²) in [5, 5.41) is 11.7. The lowest BCUT2D eigenvalue weighted by molar-refractivity contribution is -0.139. The second-order valence-electron chi connectivity index (χ2n) is 5.82. The van der Waals surface area contributed by atoms with E-state index in [9.17, 15) is 14.7 Å². The summed E-state index contributed by atoms with van der Waals surface area (Å²) in [4.78, 5) is 23.2. The van der Waals surface area contributed by atoms with E-state index < -0.39 is 23.7 Å². The lowest BCUT2D eigenvalue weighted by Gasteiger charge is -2.23. The molecule has 22 heavy (non-hydrogen) atoms. The highest BCUT2D eigenvalue weighted by Crippen LogP contribution is 2.32. The highest BCUT2D eigenvalue weighted by atomic mass is 16.6. The van der Waals surface area contributed by atoms with Crippen LogP contribution in [0.3, 0.4) is 0 Å². The maximum absolute atomic E-state index is 11.8. The number of hydrogen-bond donors (Lipinski definition) is 2. The minimum atomic E-state index is -1.23. The van der Waals surface area contributed by atoms with Gasteiger partial charge in [0.1, 0.15) is 18.8 Å². The maximum Gasteiger partial charge on any atom is 0.408 e. The molecule has 1 aliphatic heterocycles. The number of rotatable bonds is 3. The van der Waals surface area contributed by atoms with Crippen molar-refractivity contribution < 1.29 is 28.9 Å². The van der Waals surface area contributed by atoms with Crippen molar-refractivity contribution in [2.45, 2.75) is 32.4 Å². The molecule has 0 bridgehead atoms. The molecule has 7 nitrogen and oxygen atoms in total. The number of carbonyl (C=O) groups excluding carboxylic acids is 1. The summed E-state index contributed by atoms with van der Waals surface area (Å²) in [5.74, 6) is -0.181. The summed E-state index contributed by atoms with van der Waals surface area (Å²) in [5.41, 5.74) is -0.331. The average Bonchev–Trinajstić information content (AvgIpc) is 2.42. The zero-order chi connectivity index (χ0) is 16.3. The Kier molecular flexibility index (Phi) is 4.44. The summed E-state index contributed by atoms with van der Waals surface area (Å²) in [7, 11) is 0. The van der Waals surface area contributed by atoms with Crippen LogP contribution in [0.4, 0.5) is 4.79 Å². The predicted octanol–water partition coefficient (Wildman–Crippen LogP) is 2.11. The van der Waals surface area contributed by atoms with Crippen molar-refractivity contribution in [2.24, 2.45) is 0 Å². The van der Waals surface area contributed by atoms with Crippen LogP contribution in [0.2, 0.25) is 0 Å². The molecule has 7 heteroatoms. The largest absolute Gasteiger partial charge is 0.486 e. The molecule has 2 N–H and O–H groups in total. The summed E-state index contributed by atoms with van der Waals surface area (Å²) in [6.45, 7) is 5.95. The molecule has 1 aromatic rings. The lowest BCUT2D eigenvalue weighted by atomic mass is 10.1. The second-order valence-corrected chi connectivity index (χ2v) is 5.82. The number of carboxylic acid groups (broad SMARTS) is 1. The van der Waals surface area contributed by atoms with Crippen molar-refractivity contribution >= 4 is 12.1 Å². The highest BCUT2D eigenvalue weighted by Gasteiger charge is 2.26. The molecule has 0 unspecified atom stereocenters. The van der Waals surface area contributed by atoms with Gasteiger partial charge in [0, 0.05) is 0 Å². The van der Waals surface area contributed by atoms with E-state index in [2.05, 4.69) is 5.32 Å². The number of carbonyl (C=O) groups is 2. The molecule has 1 heterocycles. The Morgan fingerprint density at radius 1 is 1.23 bits per heavy atom. The molecule has 0 spiro atoms. The van der Waals surface area contributed by atoms with Gasteiger partial charge in [0.2, 0.25) is 0 Å². The molecule has 0 saturated carbocycles. The van der Waals surface area contributed by atoms with E-state index in [4.69, 9.17) is 14.2 Å². The molecule has 1 aromatic carbocycles. The molecular weight excluding hydrogens is 290 g/mol. The fourth-order valence-electron chi connectivity index (χ4n) is 1.95. The van der Waals surface area contributed by atoms with Gasteiger partial charge in [0.15, 0.2) is 17.5 Å². The molecule has 2 rings (SSSR count). The molecule has 0 aromatic heterocycles. The Morgan fingerprint density at radius 3 is 2.45 bits per heavy atom. The third-order valence-electron chi connectivity index (χ3n) is 2.81. The first kappa shape index (κ1) is 15.9. The summed E-state index contributed by atoms with van der Waals surface area (Å²) < 4.78 is 15.9. The van der Waals surface area contributed by atoms with Gasteiger partial charge < -0.3 is 24.6 Å². The zero-order valence-corrected chi connectivity index (χ0v) is 12.7. The van der Waals surface area contributed by atoms with Crippen LogP contribution in [-0.2, 0) is 9.53 Å². The van der Waals surface area contributed by atoms with Gasteiger partial charge in [-0.25, -0.2) is 9.59 Å². The number of hydrogen-bond acceptors (Lipinski definition) is 5. The molecule has 0 fully saturated rings. The molecule has 0 radical (unpaired) electrons. The number of fused-ring (bicyclic) bond motifs is 1. The van der Waals surface area contributed by atoms with E-state index in [1.54, 1.807) is 39.0 Å². The molecule has 1 amide bonds. The summed E-state index contributed by atoms with van der Waals surface area (Å²) >= 11 is 0. The average molecular weight is 309 g/mol. The van der Waals surface area contributed by atoms with Gasteiger partial charge in [-0.05, 0) is 38.5 Å². The monoisotopic (exact) mass is 309 g/mol. The Morgan fingerprint density at radius 2 is 1.86 bits per heavy atom. The zero-order valence-electron chi connectivity index (χ0n) is 12.7. The minimum absolute atomic E-state index is 0.377. The maximum atomic E-state index is 11.8. The number of aliphatic carboxylic acids is 1. The summed E-state index contributed by atoms with van der Waals surface area (Å²) in [6.07, 6.45) is -0.796. The van der Waals surface area contributed by atoms with E-state index in [1.165, 1.54) is 0 Å². The van der Waals surface area contributed by atoms with Crippen LogP contribution in [0.1, 0.15) is 32.4 Å². The molecule has 1 aliphatic rings. The SMILES string of the molecule is CC(C)(C)OC(=O)N[C@@H](C(=O)O)c1ccc2c(c1)OCCO2. The van der Waals surface area contributed by atoms with E-state index >= 15 is 0 Å². The van der Waals surface area contributed by atoms with Gasteiger partial charge in [-0.2, -0.15) is 0 Å². The first-order valence-electron chi connectivity index (χ1n) is 6.88. The molecule has 120 valence electrons. The Balaban J connectivity index is 2.18. The smallest absolute Gasteiger partial charge is 0.408 e. The van der Waals surface area contributed by atoms with Crippen LogP contribution in [0.15, 0.2) is 18.2 Å². The number of amides is 1. The Hall–Kier alpha value is -2.44. The standard InChI is InChI=1S/C15H19NO6/c1-15(2,3)22-14(19)16-12(13(17)18)9-4-5-10-11(8-9)21-7-6-20-10/h4-5,8,12H,6-7H2,1-3H3,(H,16,19)(H,17,18)/t12-/m1/s1. The third kappa shape index (κ3) is 4.03. The lowest BCUT2D eigenvalue weighted by Crippen LogP contribution is -2.38. The Bertz CT molecular complexity index is 578. The fraction of sp³-hybridized carbons (Fsp3) is 0.467. The highest BCUT2D eigenvalue weighted by molar-refractivity contribution is 5.81. The third-order valence-corrected chi connectivity index (χ3v) is 2.81. The van der Waals surface area contributed by atoms with Crippen LogP contribution in [0.25, 0.3) is 0 Å². The van der Waals surface area contributed by atoms with Crippen molar-refractivity contribution in [3.05, 3.63) is 23.8 Å². The fourth-order valence-corrected chi connectivity index (χ4v) is 1.95. The number of alkyl carbamates (subject to hydrolysis) is 1. The molecule has 1 atom stereocenters. The van der Waals surface area contributed by atoms with Crippen molar-refractivity contribution in [3.63, 3.8) is 0 Å². The van der Waals surface area contributed by atoms with Gasteiger partial charge in [0.05, 0.1) is 0 Å². The Labute approximate surface area is 128 Å². The minimum Gasteiger partial charge on any atom is -0.486 e. The number of ether oxygens (including phenoxy) is 3. The van der Waals surface area contributed by atoms with Crippen LogP contribution >= 0.6 is 0 Å². The van der Waals surface area contributed by atoms with Gasteiger partial charge in [0.25, 0.3) is 0 Å². The van der Waals surface area contributed by atoms with Crippen molar-refractivity contribution in [2.75, 3.05) is 13.2 Å². The van der Waals surface area contributed by atoms with Gasteiger partial charge in [-0.1, -0.05) is 6.07 Å². The van der Waals surface area contributed by atoms with Crippen LogP contribution in [0.5, 0.6) is 11.5 Å². The normalized spacial score (nSPS) is 14.9. The van der Waals surface area contributed by atoms with Gasteiger partial charge >= 0.3 is 12.1 Å². The number of nitrogens with one attached hydrogen (secondary N) is 1.